The summed E-state index contributed by atoms with van der Waals surface area (Å²) in [5.41, 5.74) is 1.14. The van der Waals surface area contributed by atoms with Crippen LogP contribution in [0.15, 0.2) is 18.2 Å². The van der Waals surface area contributed by atoms with E-state index < -0.39 is 0 Å². The van der Waals surface area contributed by atoms with Crippen molar-refractivity contribution in [3.63, 3.8) is 0 Å². The molecule has 4 heteroatoms. The minimum absolute atomic E-state index is 0.116. The summed E-state index contributed by atoms with van der Waals surface area (Å²) < 4.78 is 10.6. The maximum absolute atomic E-state index is 11.5. The molecule has 2 rings (SSSR count). The molecule has 4 nitrogen and oxygen atoms in total. The van der Waals surface area contributed by atoms with Gasteiger partial charge in [0.15, 0.2) is 11.5 Å². The van der Waals surface area contributed by atoms with Crippen LogP contribution in [0.4, 0.5) is 0 Å². The van der Waals surface area contributed by atoms with E-state index >= 15 is 0 Å². The molecule has 1 unspecified atom stereocenters. The molecule has 1 N–H and O–H groups in total. The van der Waals surface area contributed by atoms with E-state index in [2.05, 4.69) is 5.32 Å². The molecule has 0 aliphatic carbocycles. The summed E-state index contributed by atoms with van der Waals surface area (Å²) in [6.45, 7) is 4.31. The molecular weight excluding hydrogens is 230 g/mol. The number of nitrogens with one attached hydrogen (secondary N) is 1. The summed E-state index contributed by atoms with van der Waals surface area (Å²) in [6.07, 6.45) is 2.26. The monoisotopic (exact) mass is 249 g/mol. The molecule has 1 aromatic rings. The molecule has 0 radical (unpaired) electrons. The standard InChI is InChI=1S/C14H19NO3/c1-3-4-14(16)15-10(2)7-11-5-6-12-13(8-11)18-9-17-12/h5-6,8,10H,3-4,7,9H2,1-2H3,(H,15,16). The van der Waals surface area contributed by atoms with E-state index in [1.54, 1.807) is 0 Å². The molecular formula is C14H19NO3. The lowest BCUT2D eigenvalue weighted by Gasteiger charge is -2.14. The minimum atomic E-state index is 0.116. The van der Waals surface area contributed by atoms with Crippen molar-refractivity contribution >= 4 is 5.91 Å². The van der Waals surface area contributed by atoms with E-state index in [-0.39, 0.29) is 11.9 Å². The molecule has 0 spiro atoms. The number of benzene rings is 1. The molecule has 0 fully saturated rings. The molecule has 0 bridgehead atoms. The van der Waals surface area contributed by atoms with Crippen molar-refractivity contribution in [2.24, 2.45) is 0 Å². The zero-order valence-electron chi connectivity index (χ0n) is 10.9. The quantitative estimate of drug-likeness (QED) is 0.870. The van der Waals surface area contributed by atoms with E-state index in [9.17, 15) is 4.79 Å². The molecule has 0 saturated carbocycles. The smallest absolute Gasteiger partial charge is 0.231 e. The lowest BCUT2D eigenvalue weighted by molar-refractivity contribution is -0.121. The van der Waals surface area contributed by atoms with Crippen molar-refractivity contribution in [1.29, 1.82) is 0 Å². The van der Waals surface area contributed by atoms with Crippen LogP contribution in [-0.2, 0) is 11.2 Å². The zero-order chi connectivity index (χ0) is 13.0. The topological polar surface area (TPSA) is 47.6 Å². The van der Waals surface area contributed by atoms with E-state index in [4.69, 9.17) is 9.47 Å². The maximum Gasteiger partial charge on any atom is 0.231 e. The van der Waals surface area contributed by atoms with Gasteiger partial charge in [0, 0.05) is 12.5 Å². The van der Waals surface area contributed by atoms with Crippen LogP contribution >= 0.6 is 0 Å². The van der Waals surface area contributed by atoms with Crippen LogP contribution in [0.25, 0.3) is 0 Å². The first-order valence-corrected chi connectivity index (χ1v) is 6.37. The number of amides is 1. The largest absolute Gasteiger partial charge is 0.454 e. The number of carbonyl (C=O) groups is 1. The highest BCUT2D eigenvalue weighted by atomic mass is 16.7. The van der Waals surface area contributed by atoms with Crippen LogP contribution in [0.2, 0.25) is 0 Å². The van der Waals surface area contributed by atoms with E-state index in [1.807, 2.05) is 32.0 Å². The Morgan fingerprint density at radius 3 is 2.94 bits per heavy atom. The van der Waals surface area contributed by atoms with Crippen molar-refractivity contribution in [2.75, 3.05) is 6.79 Å². The Hall–Kier alpha value is -1.71. The van der Waals surface area contributed by atoms with Gasteiger partial charge in [-0.25, -0.2) is 0 Å². The average molecular weight is 249 g/mol. The fourth-order valence-corrected chi connectivity index (χ4v) is 2.05. The Balaban J connectivity index is 1.91. The Labute approximate surface area is 107 Å². The fourth-order valence-electron chi connectivity index (χ4n) is 2.05. The third-order valence-corrected chi connectivity index (χ3v) is 2.86. The summed E-state index contributed by atoms with van der Waals surface area (Å²) >= 11 is 0. The third-order valence-electron chi connectivity index (χ3n) is 2.86. The number of carbonyl (C=O) groups excluding carboxylic acids is 1. The summed E-state index contributed by atoms with van der Waals surface area (Å²) in [4.78, 5) is 11.5. The summed E-state index contributed by atoms with van der Waals surface area (Å²) in [7, 11) is 0. The van der Waals surface area contributed by atoms with Crippen LogP contribution < -0.4 is 14.8 Å². The van der Waals surface area contributed by atoms with Crippen LogP contribution in [0, 0.1) is 0 Å². The number of fused-ring (bicyclic) bond motifs is 1. The molecule has 1 aromatic carbocycles. The highest BCUT2D eigenvalue weighted by Gasteiger charge is 2.14. The number of rotatable bonds is 5. The number of ether oxygens (including phenoxy) is 2. The van der Waals surface area contributed by atoms with Crippen LogP contribution in [0.1, 0.15) is 32.3 Å². The van der Waals surface area contributed by atoms with Crippen molar-refractivity contribution in [3.05, 3.63) is 23.8 Å². The first-order valence-electron chi connectivity index (χ1n) is 6.37. The summed E-state index contributed by atoms with van der Waals surface area (Å²) in [5, 5.41) is 2.99. The Kier molecular flexibility index (Phi) is 4.07. The predicted molar refractivity (Wildman–Crippen MR) is 68.8 cm³/mol. The van der Waals surface area contributed by atoms with Crippen molar-refractivity contribution in [2.45, 2.75) is 39.2 Å². The minimum Gasteiger partial charge on any atom is -0.454 e. The first kappa shape index (κ1) is 12.7. The van der Waals surface area contributed by atoms with Gasteiger partial charge in [-0.2, -0.15) is 0 Å². The molecule has 1 amide bonds. The Bertz CT molecular complexity index is 431. The SMILES string of the molecule is CCCC(=O)NC(C)Cc1ccc2c(c1)OCO2. The Morgan fingerprint density at radius 1 is 1.39 bits per heavy atom. The highest BCUT2D eigenvalue weighted by molar-refractivity contribution is 5.76. The summed E-state index contributed by atoms with van der Waals surface area (Å²) in [5.74, 6) is 1.70. The van der Waals surface area contributed by atoms with Gasteiger partial charge < -0.3 is 14.8 Å². The van der Waals surface area contributed by atoms with Gasteiger partial charge in [-0.1, -0.05) is 13.0 Å². The Morgan fingerprint density at radius 2 is 2.17 bits per heavy atom. The lowest BCUT2D eigenvalue weighted by Crippen LogP contribution is -2.33. The van der Waals surface area contributed by atoms with Gasteiger partial charge in [0.25, 0.3) is 0 Å². The summed E-state index contributed by atoms with van der Waals surface area (Å²) in [6, 6.07) is 6.03. The van der Waals surface area contributed by atoms with Crippen LogP contribution in [0.3, 0.4) is 0 Å². The van der Waals surface area contributed by atoms with Gasteiger partial charge in [0.2, 0.25) is 12.7 Å². The van der Waals surface area contributed by atoms with Gasteiger partial charge in [-0.3, -0.25) is 4.79 Å². The molecule has 0 saturated heterocycles. The van der Waals surface area contributed by atoms with Crippen LogP contribution in [-0.4, -0.2) is 18.7 Å². The third kappa shape index (κ3) is 3.15. The second-order valence-corrected chi connectivity index (χ2v) is 4.61. The normalized spacial score (nSPS) is 14.3. The van der Waals surface area contributed by atoms with Crippen molar-refractivity contribution < 1.29 is 14.3 Å². The van der Waals surface area contributed by atoms with Crippen molar-refractivity contribution in [1.82, 2.24) is 5.32 Å². The molecule has 1 aliphatic heterocycles. The van der Waals surface area contributed by atoms with Gasteiger partial charge >= 0.3 is 0 Å². The number of hydrogen-bond donors (Lipinski definition) is 1. The molecule has 1 atom stereocenters. The molecule has 18 heavy (non-hydrogen) atoms. The number of hydrogen-bond acceptors (Lipinski definition) is 3. The van der Waals surface area contributed by atoms with Gasteiger partial charge in [0.05, 0.1) is 0 Å². The van der Waals surface area contributed by atoms with Gasteiger partial charge in [-0.05, 0) is 37.5 Å². The molecule has 98 valence electrons. The first-order chi connectivity index (χ1) is 8.69. The highest BCUT2D eigenvalue weighted by Crippen LogP contribution is 2.32. The van der Waals surface area contributed by atoms with Crippen molar-refractivity contribution in [3.8, 4) is 11.5 Å². The van der Waals surface area contributed by atoms with E-state index in [1.165, 1.54) is 0 Å². The van der Waals surface area contributed by atoms with Gasteiger partial charge in [-0.15, -0.1) is 0 Å². The second kappa shape index (κ2) is 5.76. The van der Waals surface area contributed by atoms with Gasteiger partial charge in [0.1, 0.15) is 0 Å². The van der Waals surface area contributed by atoms with E-state index in [0.717, 1.165) is 29.9 Å². The molecule has 1 heterocycles. The molecule has 1 aliphatic rings. The predicted octanol–water partition coefficient (Wildman–Crippen LogP) is 2.26. The lowest BCUT2D eigenvalue weighted by atomic mass is 10.1. The fraction of sp³-hybridized carbons (Fsp3) is 0.500. The maximum atomic E-state index is 11.5. The molecule has 0 aromatic heterocycles. The average Bonchev–Trinajstić information content (AvgIpc) is 2.76. The second-order valence-electron chi connectivity index (χ2n) is 4.61. The zero-order valence-corrected chi connectivity index (χ0v) is 10.9. The van der Waals surface area contributed by atoms with E-state index in [0.29, 0.717) is 13.2 Å². The van der Waals surface area contributed by atoms with Crippen LogP contribution in [0.5, 0.6) is 11.5 Å².